The Labute approximate surface area is 121 Å². The summed E-state index contributed by atoms with van der Waals surface area (Å²) in [7, 11) is 0. The van der Waals surface area contributed by atoms with Gasteiger partial charge in [0.1, 0.15) is 0 Å². The minimum atomic E-state index is 0.357. The van der Waals surface area contributed by atoms with Crippen molar-refractivity contribution in [3.8, 4) is 0 Å². The van der Waals surface area contributed by atoms with Crippen LogP contribution in [0.2, 0.25) is 5.02 Å². The van der Waals surface area contributed by atoms with Crippen molar-refractivity contribution in [2.24, 2.45) is 10.8 Å². The van der Waals surface area contributed by atoms with E-state index in [2.05, 4.69) is 33.0 Å². The number of nitrogens with two attached hydrogens (primary N) is 1. The molecule has 3 N–H and O–H groups in total. The van der Waals surface area contributed by atoms with Crippen LogP contribution in [0.1, 0.15) is 47.0 Å². The molecular formula is C16H25ClN2. The highest BCUT2D eigenvalue weighted by Gasteiger charge is 2.38. The Bertz CT molecular complexity index is 430. The zero-order valence-electron chi connectivity index (χ0n) is 12.4. The maximum absolute atomic E-state index is 6.25. The largest absolute Gasteiger partial charge is 0.397 e. The van der Waals surface area contributed by atoms with Gasteiger partial charge < -0.3 is 11.1 Å². The summed E-state index contributed by atoms with van der Waals surface area (Å²) in [4.78, 5) is 0. The molecule has 0 unspecified atom stereocenters. The van der Waals surface area contributed by atoms with Crippen molar-refractivity contribution in [2.75, 3.05) is 11.1 Å². The van der Waals surface area contributed by atoms with Crippen LogP contribution in [-0.2, 0) is 0 Å². The number of nitrogen functional groups attached to an aromatic ring is 1. The quantitative estimate of drug-likeness (QED) is 0.753. The van der Waals surface area contributed by atoms with Crippen LogP contribution in [0.3, 0.4) is 0 Å². The van der Waals surface area contributed by atoms with Gasteiger partial charge in [-0.2, -0.15) is 0 Å². The molecule has 1 aliphatic rings. The summed E-state index contributed by atoms with van der Waals surface area (Å²) in [6.45, 7) is 9.38. The summed E-state index contributed by atoms with van der Waals surface area (Å²) < 4.78 is 0. The summed E-state index contributed by atoms with van der Waals surface area (Å²) in [5.41, 5.74) is 8.36. The number of para-hydroxylation sites is 1. The molecule has 0 aromatic heterocycles. The molecule has 0 amide bonds. The molecular weight excluding hydrogens is 256 g/mol. The molecule has 0 radical (unpaired) electrons. The van der Waals surface area contributed by atoms with Gasteiger partial charge in [0.05, 0.1) is 16.4 Å². The average Bonchev–Trinajstić information content (AvgIpc) is 2.19. The molecule has 1 saturated carbocycles. The number of rotatable bonds is 2. The van der Waals surface area contributed by atoms with Crippen LogP contribution in [0.25, 0.3) is 0 Å². The number of nitrogens with one attached hydrogen (secondary N) is 1. The first kappa shape index (κ1) is 14.5. The lowest BCUT2D eigenvalue weighted by atomic mass is 9.63. The summed E-state index contributed by atoms with van der Waals surface area (Å²) in [5.74, 6) is 0. The monoisotopic (exact) mass is 280 g/mol. The second kappa shape index (κ2) is 4.90. The summed E-state index contributed by atoms with van der Waals surface area (Å²) in [6, 6.07) is 6.10. The first-order valence-corrected chi connectivity index (χ1v) is 7.37. The Morgan fingerprint density at radius 2 is 1.74 bits per heavy atom. The lowest BCUT2D eigenvalue weighted by Gasteiger charge is -2.45. The van der Waals surface area contributed by atoms with E-state index in [0.717, 1.165) is 24.2 Å². The van der Waals surface area contributed by atoms with Crippen LogP contribution in [0.4, 0.5) is 11.4 Å². The predicted octanol–water partition coefficient (Wildman–Crippen LogP) is 4.94. The molecule has 2 nitrogen and oxygen atoms in total. The first-order valence-electron chi connectivity index (χ1n) is 6.99. The van der Waals surface area contributed by atoms with Gasteiger partial charge in [-0.25, -0.2) is 0 Å². The molecule has 0 aliphatic heterocycles. The van der Waals surface area contributed by atoms with Crippen LogP contribution < -0.4 is 11.1 Å². The van der Waals surface area contributed by atoms with E-state index in [0.29, 0.717) is 21.9 Å². The number of benzene rings is 1. The van der Waals surface area contributed by atoms with Crippen LogP contribution >= 0.6 is 11.6 Å². The molecule has 0 atom stereocenters. The molecule has 3 heteroatoms. The van der Waals surface area contributed by atoms with E-state index in [4.69, 9.17) is 17.3 Å². The van der Waals surface area contributed by atoms with Gasteiger partial charge in [-0.3, -0.25) is 0 Å². The fourth-order valence-corrected chi connectivity index (χ4v) is 4.08. The van der Waals surface area contributed by atoms with E-state index in [-0.39, 0.29) is 0 Å². The highest BCUT2D eigenvalue weighted by Crippen LogP contribution is 2.47. The number of halogens is 1. The average molecular weight is 281 g/mol. The summed E-state index contributed by atoms with van der Waals surface area (Å²) in [5, 5.41) is 4.28. The molecule has 1 aliphatic carbocycles. The third-order valence-corrected chi connectivity index (χ3v) is 4.26. The van der Waals surface area contributed by atoms with Crippen LogP contribution in [0, 0.1) is 10.8 Å². The van der Waals surface area contributed by atoms with Crippen molar-refractivity contribution < 1.29 is 0 Å². The summed E-state index contributed by atoms with van der Waals surface area (Å²) >= 11 is 6.25. The van der Waals surface area contributed by atoms with Gasteiger partial charge in [-0.15, -0.1) is 0 Å². The normalized spacial score (nSPS) is 22.2. The highest BCUT2D eigenvalue weighted by atomic mass is 35.5. The smallest absolute Gasteiger partial charge is 0.0765 e. The third kappa shape index (κ3) is 3.56. The Morgan fingerprint density at radius 3 is 2.26 bits per heavy atom. The number of hydrogen-bond donors (Lipinski definition) is 2. The first-order chi connectivity index (χ1) is 8.69. The second-order valence-corrected chi connectivity index (χ2v) is 7.87. The zero-order valence-corrected chi connectivity index (χ0v) is 13.1. The molecule has 0 heterocycles. The Morgan fingerprint density at radius 1 is 1.16 bits per heavy atom. The van der Waals surface area contributed by atoms with Crippen molar-refractivity contribution in [1.29, 1.82) is 0 Å². The topological polar surface area (TPSA) is 38.0 Å². The van der Waals surface area contributed by atoms with Crippen molar-refractivity contribution >= 4 is 23.0 Å². The molecule has 2 rings (SSSR count). The molecule has 0 saturated heterocycles. The fraction of sp³-hybridized carbons (Fsp3) is 0.625. The molecule has 1 aromatic rings. The molecule has 0 bridgehead atoms. The SMILES string of the molecule is CC1(C)CC(Nc2c(N)cccc2Cl)CC(C)(C)C1. The molecule has 106 valence electrons. The van der Waals surface area contributed by atoms with Crippen molar-refractivity contribution in [3.05, 3.63) is 23.2 Å². The molecule has 1 fully saturated rings. The van der Waals surface area contributed by atoms with E-state index >= 15 is 0 Å². The van der Waals surface area contributed by atoms with Gasteiger partial charge in [-0.05, 0) is 42.2 Å². The van der Waals surface area contributed by atoms with Crippen molar-refractivity contribution in [2.45, 2.75) is 53.0 Å². The van der Waals surface area contributed by atoms with Crippen LogP contribution in [0.15, 0.2) is 18.2 Å². The van der Waals surface area contributed by atoms with E-state index in [1.807, 2.05) is 18.2 Å². The molecule has 0 spiro atoms. The van der Waals surface area contributed by atoms with Crippen molar-refractivity contribution in [1.82, 2.24) is 0 Å². The van der Waals surface area contributed by atoms with Gasteiger partial charge >= 0.3 is 0 Å². The van der Waals surface area contributed by atoms with E-state index in [1.165, 1.54) is 6.42 Å². The van der Waals surface area contributed by atoms with Gasteiger partial charge in [0.25, 0.3) is 0 Å². The van der Waals surface area contributed by atoms with Crippen LogP contribution in [-0.4, -0.2) is 6.04 Å². The van der Waals surface area contributed by atoms with Crippen molar-refractivity contribution in [3.63, 3.8) is 0 Å². The van der Waals surface area contributed by atoms with E-state index in [9.17, 15) is 0 Å². The van der Waals surface area contributed by atoms with Gasteiger partial charge in [0, 0.05) is 6.04 Å². The predicted molar refractivity (Wildman–Crippen MR) is 84.7 cm³/mol. The molecule has 1 aromatic carbocycles. The zero-order chi connectivity index (χ0) is 14.3. The fourth-order valence-electron chi connectivity index (χ4n) is 3.85. The van der Waals surface area contributed by atoms with Gasteiger partial charge in [0.15, 0.2) is 0 Å². The van der Waals surface area contributed by atoms with Gasteiger partial charge in [-0.1, -0.05) is 45.4 Å². The summed E-state index contributed by atoms with van der Waals surface area (Å²) in [6.07, 6.45) is 3.57. The Balaban J connectivity index is 2.19. The highest BCUT2D eigenvalue weighted by molar-refractivity contribution is 6.33. The van der Waals surface area contributed by atoms with Gasteiger partial charge in [0.2, 0.25) is 0 Å². The minimum absolute atomic E-state index is 0.357. The lowest BCUT2D eigenvalue weighted by Crippen LogP contribution is -2.40. The second-order valence-electron chi connectivity index (χ2n) is 7.46. The number of hydrogen-bond acceptors (Lipinski definition) is 2. The Hall–Kier alpha value is -0.890. The van der Waals surface area contributed by atoms with E-state index in [1.54, 1.807) is 0 Å². The third-order valence-electron chi connectivity index (χ3n) is 3.95. The number of anilines is 2. The lowest BCUT2D eigenvalue weighted by molar-refractivity contribution is 0.105. The minimum Gasteiger partial charge on any atom is -0.397 e. The standard InChI is InChI=1S/C16H25ClN2/c1-15(2)8-11(9-16(3,4)10-15)19-14-12(17)6-5-7-13(14)18/h5-7,11,19H,8-10,18H2,1-4H3. The maximum atomic E-state index is 6.25. The maximum Gasteiger partial charge on any atom is 0.0765 e. The van der Waals surface area contributed by atoms with E-state index < -0.39 is 0 Å². The Kier molecular flexibility index (Phi) is 3.74. The van der Waals surface area contributed by atoms with Crippen LogP contribution in [0.5, 0.6) is 0 Å². The molecule has 19 heavy (non-hydrogen) atoms.